The van der Waals surface area contributed by atoms with Crippen LogP contribution in [0.5, 0.6) is 5.75 Å². The smallest absolute Gasteiger partial charge is 0.119 e. The third-order valence-corrected chi connectivity index (χ3v) is 3.63. The van der Waals surface area contributed by atoms with Crippen molar-refractivity contribution in [1.82, 2.24) is 0 Å². The zero-order chi connectivity index (χ0) is 13.1. The van der Waals surface area contributed by atoms with Gasteiger partial charge < -0.3 is 4.74 Å². The topological polar surface area (TPSA) is 9.23 Å². The molecule has 0 N–H and O–H groups in total. The molecular weight excluding hydrogens is 232 g/mol. The van der Waals surface area contributed by atoms with Gasteiger partial charge in [-0.15, -0.1) is 0 Å². The lowest BCUT2D eigenvalue weighted by Gasteiger charge is -2.07. The van der Waals surface area contributed by atoms with Gasteiger partial charge >= 0.3 is 0 Å². The van der Waals surface area contributed by atoms with Crippen LogP contribution in [0.2, 0.25) is 0 Å². The summed E-state index contributed by atoms with van der Waals surface area (Å²) in [6.07, 6.45) is 3.67. The Morgan fingerprint density at radius 2 is 1.47 bits per heavy atom. The van der Waals surface area contributed by atoms with Crippen LogP contribution < -0.4 is 4.74 Å². The lowest BCUT2D eigenvalue weighted by molar-refractivity contribution is 0.299. The Morgan fingerprint density at radius 3 is 2.05 bits per heavy atom. The number of benzene rings is 2. The third-order valence-electron chi connectivity index (χ3n) is 3.63. The van der Waals surface area contributed by atoms with E-state index >= 15 is 0 Å². The first-order chi connectivity index (χ1) is 9.29. The molecule has 0 saturated heterocycles. The maximum Gasteiger partial charge on any atom is 0.119 e. The Kier molecular flexibility index (Phi) is 3.54. The maximum atomic E-state index is 5.75. The average molecular weight is 252 g/mol. The van der Waals surface area contributed by atoms with Gasteiger partial charge in [0.25, 0.3) is 0 Å². The van der Waals surface area contributed by atoms with Crippen LogP contribution in [0.1, 0.15) is 29.5 Å². The van der Waals surface area contributed by atoms with Crippen molar-refractivity contribution in [3.05, 3.63) is 65.2 Å². The normalized spacial score (nSPS) is 14.4. The van der Waals surface area contributed by atoms with Crippen molar-refractivity contribution < 1.29 is 4.74 Å². The summed E-state index contributed by atoms with van der Waals surface area (Å²) in [7, 11) is 0. The van der Waals surface area contributed by atoms with Gasteiger partial charge in [0.15, 0.2) is 0 Å². The quantitative estimate of drug-likeness (QED) is 0.767. The molecule has 0 bridgehead atoms. The lowest BCUT2D eigenvalue weighted by atomic mass is 10.0. The molecule has 1 heteroatoms. The van der Waals surface area contributed by atoms with Gasteiger partial charge in [0.05, 0.1) is 6.61 Å². The Morgan fingerprint density at radius 1 is 0.895 bits per heavy atom. The predicted octanol–water partition coefficient (Wildman–Crippen LogP) is 4.37. The van der Waals surface area contributed by atoms with Gasteiger partial charge in [-0.25, -0.2) is 0 Å². The van der Waals surface area contributed by atoms with Crippen molar-refractivity contribution in [1.29, 1.82) is 0 Å². The van der Waals surface area contributed by atoms with Gasteiger partial charge in [0, 0.05) is 0 Å². The van der Waals surface area contributed by atoms with Crippen LogP contribution >= 0.6 is 0 Å². The summed E-state index contributed by atoms with van der Waals surface area (Å²) < 4.78 is 5.75. The second kappa shape index (κ2) is 5.48. The summed E-state index contributed by atoms with van der Waals surface area (Å²) in [5, 5.41) is 0. The monoisotopic (exact) mass is 252 g/mol. The van der Waals surface area contributed by atoms with E-state index in [9.17, 15) is 0 Å². The molecular formula is C18H20O. The summed E-state index contributed by atoms with van der Waals surface area (Å²) in [4.78, 5) is 0. The molecule has 1 fully saturated rings. The molecule has 0 aliphatic heterocycles. The van der Waals surface area contributed by atoms with Gasteiger partial charge in [0.1, 0.15) is 5.75 Å². The molecule has 0 heterocycles. The second-order valence-electron chi connectivity index (χ2n) is 5.56. The fraction of sp³-hybridized carbons (Fsp3) is 0.333. The molecule has 0 unspecified atom stereocenters. The minimum atomic E-state index is 0.812. The van der Waals surface area contributed by atoms with Crippen LogP contribution in [0, 0.1) is 12.8 Å². The molecule has 1 aliphatic rings. The Balaban J connectivity index is 1.59. The van der Waals surface area contributed by atoms with E-state index in [2.05, 4.69) is 55.5 Å². The summed E-state index contributed by atoms with van der Waals surface area (Å²) >= 11 is 0. The summed E-state index contributed by atoms with van der Waals surface area (Å²) in [5.74, 6) is 1.81. The Labute approximate surface area is 115 Å². The van der Waals surface area contributed by atoms with E-state index in [1.165, 1.54) is 29.5 Å². The minimum Gasteiger partial charge on any atom is -0.493 e. The maximum absolute atomic E-state index is 5.75. The van der Waals surface area contributed by atoms with E-state index in [-0.39, 0.29) is 0 Å². The highest BCUT2D eigenvalue weighted by atomic mass is 16.5. The van der Waals surface area contributed by atoms with Crippen molar-refractivity contribution >= 4 is 0 Å². The highest BCUT2D eigenvalue weighted by molar-refractivity contribution is 5.32. The minimum absolute atomic E-state index is 0.812. The van der Waals surface area contributed by atoms with E-state index in [0.29, 0.717) is 0 Å². The van der Waals surface area contributed by atoms with Crippen LogP contribution in [0.25, 0.3) is 0 Å². The second-order valence-corrected chi connectivity index (χ2v) is 5.56. The zero-order valence-electron chi connectivity index (χ0n) is 11.4. The molecule has 3 rings (SSSR count). The van der Waals surface area contributed by atoms with E-state index < -0.39 is 0 Å². The van der Waals surface area contributed by atoms with E-state index in [0.717, 1.165) is 24.7 Å². The predicted molar refractivity (Wildman–Crippen MR) is 78.6 cm³/mol. The Bertz CT molecular complexity index is 521. The van der Waals surface area contributed by atoms with Gasteiger partial charge in [-0.1, -0.05) is 42.0 Å². The molecule has 1 nitrogen and oxygen atoms in total. The number of hydrogen-bond acceptors (Lipinski definition) is 1. The fourth-order valence-corrected chi connectivity index (χ4v) is 2.14. The van der Waals surface area contributed by atoms with Gasteiger partial charge in [0.2, 0.25) is 0 Å². The molecule has 0 atom stereocenters. The molecule has 0 amide bonds. The number of aryl methyl sites for hydroxylation is 1. The summed E-state index contributed by atoms with van der Waals surface area (Å²) in [6.45, 7) is 3.01. The molecule has 1 aliphatic carbocycles. The molecule has 0 aromatic heterocycles. The number of hydrogen-bond donors (Lipinski definition) is 0. The molecule has 1 saturated carbocycles. The van der Waals surface area contributed by atoms with E-state index in [4.69, 9.17) is 4.74 Å². The van der Waals surface area contributed by atoms with Crippen molar-refractivity contribution in [2.24, 2.45) is 5.92 Å². The van der Waals surface area contributed by atoms with Crippen LogP contribution in [-0.4, -0.2) is 6.61 Å². The first-order valence-electron chi connectivity index (χ1n) is 7.07. The molecule has 0 radical (unpaired) electrons. The average Bonchev–Trinajstić information content (AvgIpc) is 3.25. The summed E-state index contributed by atoms with van der Waals surface area (Å²) in [6, 6.07) is 17.3. The summed E-state index contributed by atoms with van der Waals surface area (Å²) in [5.41, 5.74) is 4.01. The van der Waals surface area contributed by atoms with Crippen LogP contribution in [0.15, 0.2) is 48.5 Å². The van der Waals surface area contributed by atoms with Crippen molar-refractivity contribution in [3.8, 4) is 5.75 Å². The first-order valence-corrected chi connectivity index (χ1v) is 7.07. The van der Waals surface area contributed by atoms with Gasteiger partial charge in [-0.3, -0.25) is 0 Å². The van der Waals surface area contributed by atoms with E-state index in [1.54, 1.807) is 0 Å². The van der Waals surface area contributed by atoms with Crippen molar-refractivity contribution in [2.45, 2.75) is 26.2 Å². The SMILES string of the molecule is Cc1ccc(Cc2ccc(OCC3CC3)cc2)cc1. The largest absolute Gasteiger partial charge is 0.493 e. The highest BCUT2D eigenvalue weighted by Gasteiger charge is 2.21. The van der Waals surface area contributed by atoms with Crippen molar-refractivity contribution in [2.75, 3.05) is 6.61 Å². The molecule has 2 aromatic carbocycles. The van der Waals surface area contributed by atoms with Gasteiger partial charge in [-0.05, 0) is 55.4 Å². The molecule has 98 valence electrons. The van der Waals surface area contributed by atoms with Crippen LogP contribution in [-0.2, 0) is 6.42 Å². The highest BCUT2D eigenvalue weighted by Crippen LogP contribution is 2.29. The van der Waals surface area contributed by atoms with Gasteiger partial charge in [-0.2, -0.15) is 0 Å². The Hall–Kier alpha value is -1.76. The molecule has 2 aromatic rings. The third kappa shape index (κ3) is 3.60. The molecule has 19 heavy (non-hydrogen) atoms. The number of ether oxygens (including phenoxy) is 1. The van der Waals surface area contributed by atoms with Crippen molar-refractivity contribution in [3.63, 3.8) is 0 Å². The van der Waals surface area contributed by atoms with Crippen LogP contribution in [0.3, 0.4) is 0 Å². The fourth-order valence-electron chi connectivity index (χ4n) is 2.14. The molecule has 0 spiro atoms. The number of rotatable bonds is 5. The van der Waals surface area contributed by atoms with E-state index in [1.807, 2.05) is 0 Å². The zero-order valence-corrected chi connectivity index (χ0v) is 11.4. The first kappa shape index (κ1) is 12.3. The lowest BCUT2D eigenvalue weighted by Crippen LogP contribution is -1.98. The standard InChI is InChI=1S/C18H20O/c1-14-2-4-15(5-3-14)12-16-8-10-18(11-9-16)19-13-17-6-7-17/h2-5,8-11,17H,6-7,12-13H2,1H3. The van der Waals surface area contributed by atoms with Crippen LogP contribution in [0.4, 0.5) is 0 Å².